The first-order chi connectivity index (χ1) is 9.93. The lowest BCUT2D eigenvalue weighted by molar-refractivity contribution is -0.121. The van der Waals surface area contributed by atoms with Gasteiger partial charge in [-0.3, -0.25) is 14.5 Å². The summed E-state index contributed by atoms with van der Waals surface area (Å²) in [5.74, 6) is 0.194. The Labute approximate surface area is 142 Å². The SMILES string of the molecule is CN1C(=O)S/C(=C\c2cc(Br)c(OCC#N)c(Br)c2)C1=O. The van der Waals surface area contributed by atoms with E-state index in [0.29, 0.717) is 19.6 Å². The average Bonchev–Trinajstić information content (AvgIpc) is 2.65. The summed E-state index contributed by atoms with van der Waals surface area (Å²) in [5.41, 5.74) is 0.733. The predicted octanol–water partition coefficient (Wildman–Crippen LogP) is 3.78. The highest BCUT2D eigenvalue weighted by molar-refractivity contribution is 9.11. The van der Waals surface area contributed by atoms with E-state index in [4.69, 9.17) is 10.00 Å². The van der Waals surface area contributed by atoms with E-state index in [0.717, 1.165) is 22.2 Å². The summed E-state index contributed by atoms with van der Waals surface area (Å²) in [6, 6.07) is 5.39. The maximum absolute atomic E-state index is 11.8. The summed E-state index contributed by atoms with van der Waals surface area (Å²) in [6.07, 6.45) is 1.64. The third-order valence-corrected chi connectivity index (χ3v) is 4.72. The Morgan fingerprint density at radius 3 is 2.48 bits per heavy atom. The Kier molecular flexibility index (Phi) is 5.08. The standard InChI is InChI=1S/C13H8Br2N2O3S/c1-17-12(18)10(21-13(17)19)6-7-4-8(14)11(9(15)5-7)20-3-2-16/h4-6H,3H2,1H3/b10-6-. The normalized spacial score (nSPS) is 16.5. The van der Waals surface area contributed by atoms with Crippen molar-refractivity contribution >= 4 is 60.8 Å². The number of carbonyl (C=O) groups is 2. The first kappa shape index (κ1) is 16.1. The van der Waals surface area contributed by atoms with Gasteiger partial charge in [-0.15, -0.1) is 0 Å². The fraction of sp³-hybridized carbons (Fsp3) is 0.154. The number of nitriles is 1. The third-order valence-electron chi connectivity index (χ3n) is 2.59. The molecule has 2 amide bonds. The minimum absolute atomic E-state index is 0.0642. The number of rotatable bonds is 3. The van der Waals surface area contributed by atoms with E-state index in [9.17, 15) is 9.59 Å². The lowest BCUT2D eigenvalue weighted by Crippen LogP contribution is -2.22. The molecule has 5 nitrogen and oxygen atoms in total. The highest BCUT2D eigenvalue weighted by Crippen LogP contribution is 2.37. The molecule has 1 aliphatic heterocycles. The number of halogens is 2. The van der Waals surface area contributed by atoms with Gasteiger partial charge in [0, 0.05) is 7.05 Å². The molecular formula is C13H8Br2N2O3S. The molecular weight excluding hydrogens is 424 g/mol. The highest BCUT2D eigenvalue weighted by atomic mass is 79.9. The van der Waals surface area contributed by atoms with Gasteiger partial charge in [-0.25, -0.2) is 0 Å². The fourth-order valence-electron chi connectivity index (χ4n) is 1.60. The van der Waals surface area contributed by atoms with Crippen LogP contribution in [-0.4, -0.2) is 29.7 Å². The Bertz CT molecular complexity index is 674. The van der Waals surface area contributed by atoms with Crippen LogP contribution in [0.2, 0.25) is 0 Å². The number of thioether (sulfide) groups is 1. The first-order valence-electron chi connectivity index (χ1n) is 5.64. The molecule has 108 valence electrons. The second kappa shape index (κ2) is 6.64. The molecule has 0 saturated carbocycles. The summed E-state index contributed by atoms with van der Waals surface area (Å²) in [5, 5.41) is 8.25. The van der Waals surface area contributed by atoms with Crippen LogP contribution in [0.15, 0.2) is 26.0 Å². The van der Waals surface area contributed by atoms with Gasteiger partial charge in [0.15, 0.2) is 6.61 Å². The molecule has 1 fully saturated rings. The van der Waals surface area contributed by atoms with Crippen molar-refractivity contribution in [1.82, 2.24) is 4.90 Å². The molecule has 0 unspecified atom stereocenters. The predicted molar refractivity (Wildman–Crippen MR) is 86.7 cm³/mol. The monoisotopic (exact) mass is 430 g/mol. The van der Waals surface area contributed by atoms with Crippen LogP contribution in [-0.2, 0) is 4.79 Å². The van der Waals surface area contributed by atoms with Gasteiger partial charge in [0.1, 0.15) is 11.8 Å². The molecule has 0 atom stereocenters. The first-order valence-corrected chi connectivity index (χ1v) is 8.04. The van der Waals surface area contributed by atoms with Crippen LogP contribution < -0.4 is 4.74 Å². The third kappa shape index (κ3) is 3.48. The Morgan fingerprint density at radius 2 is 2.00 bits per heavy atom. The van der Waals surface area contributed by atoms with Crippen LogP contribution in [0.5, 0.6) is 5.75 Å². The summed E-state index contributed by atoms with van der Waals surface area (Å²) < 4.78 is 6.58. The molecule has 1 aromatic rings. The second-order valence-electron chi connectivity index (χ2n) is 4.00. The van der Waals surface area contributed by atoms with Gasteiger partial charge in [0.2, 0.25) is 0 Å². The fourth-order valence-corrected chi connectivity index (χ4v) is 3.88. The van der Waals surface area contributed by atoms with Crippen molar-refractivity contribution in [3.05, 3.63) is 31.5 Å². The van der Waals surface area contributed by atoms with Crippen molar-refractivity contribution in [2.75, 3.05) is 13.7 Å². The molecule has 8 heteroatoms. The zero-order chi connectivity index (χ0) is 15.6. The molecule has 0 bridgehead atoms. The number of carbonyl (C=O) groups excluding carboxylic acids is 2. The molecule has 0 spiro atoms. The van der Waals surface area contributed by atoms with Gasteiger partial charge in [0.25, 0.3) is 11.1 Å². The van der Waals surface area contributed by atoms with Gasteiger partial charge in [-0.05, 0) is 67.4 Å². The van der Waals surface area contributed by atoms with Crippen molar-refractivity contribution < 1.29 is 14.3 Å². The quantitative estimate of drug-likeness (QED) is 0.681. The van der Waals surface area contributed by atoms with E-state index in [1.807, 2.05) is 6.07 Å². The van der Waals surface area contributed by atoms with Crippen LogP contribution in [0, 0.1) is 11.3 Å². The van der Waals surface area contributed by atoms with Crippen molar-refractivity contribution in [3.8, 4) is 11.8 Å². The van der Waals surface area contributed by atoms with E-state index in [-0.39, 0.29) is 17.8 Å². The highest BCUT2D eigenvalue weighted by Gasteiger charge is 2.31. The van der Waals surface area contributed by atoms with Crippen LogP contribution in [0.1, 0.15) is 5.56 Å². The summed E-state index contributed by atoms with van der Waals surface area (Å²) in [4.78, 5) is 24.7. The maximum atomic E-state index is 11.8. The largest absolute Gasteiger partial charge is 0.476 e. The van der Waals surface area contributed by atoms with Crippen LogP contribution in [0.3, 0.4) is 0 Å². The van der Waals surface area contributed by atoms with E-state index in [1.165, 1.54) is 7.05 Å². The summed E-state index contributed by atoms with van der Waals surface area (Å²) in [7, 11) is 1.45. The second-order valence-corrected chi connectivity index (χ2v) is 6.70. The van der Waals surface area contributed by atoms with Crippen molar-refractivity contribution in [2.24, 2.45) is 0 Å². The lowest BCUT2D eigenvalue weighted by atomic mass is 10.2. The van der Waals surface area contributed by atoms with Gasteiger partial charge in [-0.2, -0.15) is 5.26 Å². The van der Waals surface area contributed by atoms with Crippen molar-refractivity contribution in [1.29, 1.82) is 5.26 Å². The van der Waals surface area contributed by atoms with Crippen LogP contribution in [0.25, 0.3) is 6.08 Å². The Hall–Kier alpha value is -1.30. The molecule has 2 rings (SSSR count). The number of hydrogen-bond donors (Lipinski definition) is 0. The molecule has 1 aromatic carbocycles. The molecule has 1 saturated heterocycles. The van der Waals surface area contributed by atoms with Crippen LogP contribution in [0.4, 0.5) is 4.79 Å². The summed E-state index contributed by atoms with van der Waals surface area (Å²) >= 11 is 7.61. The molecule has 1 heterocycles. The zero-order valence-electron chi connectivity index (χ0n) is 10.7. The average molecular weight is 432 g/mol. The molecule has 0 N–H and O–H groups in total. The van der Waals surface area contributed by atoms with Gasteiger partial charge in [0.05, 0.1) is 13.9 Å². The van der Waals surface area contributed by atoms with E-state index in [2.05, 4.69) is 31.9 Å². The van der Waals surface area contributed by atoms with Gasteiger partial charge >= 0.3 is 0 Å². The topological polar surface area (TPSA) is 70.4 Å². The minimum Gasteiger partial charge on any atom is -0.476 e. The number of ether oxygens (including phenoxy) is 1. The minimum atomic E-state index is -0.318. The Balaban J connectivity index is 2.33. The Morgan fingerprint density at radius 1 is 1.38 bits per heavy atom. The smallest absolute Gasteiger partial charge is 0.293 e. The van der Waals surface area contributed by atoms with Crippen molar-refractivity contribution in [2.45, 2.75) is 0 Å². The number of amides is 2. The maximum Gasteiger partial charge on any atom is 0.293 e. The van der Waals surface area contributed by atoms with E-state index < -0.39 is 0 Å². The molecule has 21 heavy (non-hydrogen) atoms. The van der Waals surface area contributed by atoms with Crippen molar-refractivity contribution in [3.63, 3.8) is 0 Å². The number of likely N-dealkylation sites (N-methyl/N-ethyl adjacent to an activating group) is 1. The molecule has 0 radical (unpaired) electrons. The van der Waals surface area contributed by atoms with E-state index >= 15 is 0 Å². The van der Waals surface area contributed by atoms with E-state index in [1.54, 1.807) is 18.2 Å². The van der Waals surface area contributed by atoms with Crippen LogP contribution >= 0.6 is 43.6 Å². The zero-order valence-corrected chi connectivity index (χ0v) is 14.7. The van der Waals surface area contributed by atoms with Gasteiger partial charge < -0.3 is 4.74 Å². The number of benzene rings is 1. The number of imide groups is 1. The molecule has 0 aliphatic carbocycles. The molecule has 0 aromatic heterocycles. The number of nitrogens with zero attached hydrogens (tertiary/aromatic N) is 2. The lowest BCUT2D eigenvalue weighted by Gasteiger charge is -2.08. The number of hydrogen-bond acceptors (Lipinski definition) is 5. The van der Waals surface area contributed by atoms with Gasteiger partial charge in [-0.1, -0.05) is 0 Å². The molecule has 1 aliphatic rings. The summed E-state index contributed by atoms with van der Waals surface area (Å²) in [6.45, 7) is -0.0642.